The fourth-order valence-corrected chi connectivity index (χ4v) is 2.34. The summed E-state index contributed by atoms with van der Waals surface area (Å²) in [7, 11) is 0. The summed E-state index contributed by atoms with van der Waals surface area (Å²) < 4.78 is 5.45. The van der Waals surface area contributed by atoms with Crippen LogP contribution in [0.15, 0.2) is 24.5 Å². The molecule has 0 amide bonds. The van der Waals surface area contributed by atoms with Crippen molar-refractivity contribution in [1.82, 2.24) is 10.3 Å². The van der Waals surface area contributed by atoms with Gasteiger partial charge in [0.1, 0.15) is 0 Å². The van der Waals surface area contributed by atoms with E-state index in [0.717, 1.165) is 32.6 Å². The number of nitrogens with zero attached hydrogens (tertiary/aromatic N) is 1. The molecule has 2 atom stereocenters. The molecule has 3 nitrogen and oxygen atoms in total. The van der Waals surface area contributed by atoms with Crippen LogP contribution in [0.1, 0.15) is 37.8 Å². The molecule has 1 aliphatic rings. The SMILES string of the molecule is CCCNC(CC1CCOC1)c1cccnc1. The normalized spacial score (nSPS) is 21.6. The summed E-state index contributed by atoms with van der Waals surface area (Å²) in [6.07, 6.45) is 7.33. The van der Waals surface area contributed by atoms with E-state index in [0.29, 0.717) is 12.0 Å². The molecule has 1 aromatic heterocycles. The van der Waals surface area contributed by atoms with Crippen molar-refractivity contribution in [1.29, 1.82) is 0 Å². The quantitative estimate of drug-likeness (QED) is 0.821. The lowest BCUT2D eigenvalue weighted by molar-refractivity contribution is 0.181. The maximum absolute atomic E-state index is 5.45. The molecule has 17 heavy (non-hydrogen) atoms. The van der Waals surface area contributed by atoms with E-state index >= 15 is 0 Å². The highest BCUT2D eigenvalue weighted by Crippen LogP contribution is 2.26. The van der Waals surface area contributed by atoms with Crippen LogP contribution >= 0.6 is 0 Å². The Balaban J connectivity index is 1.97. The van der Waals surface area contributed by atoms with Gasteiger partial charge in [0.05, 0.1) is 0 Å². The van der Waals surface area contributed by atoms with Gasteiger partial charge in [0.2, 0.25) is 0 Å². The second-order valence-corrected chi connectivity index (χ2v) is 4.76. The van der Waals surface area contributed by atoms with Gasteiger partial charge in [-0.15, -0.1) is 0 Å². The van der Waals surface area contributed by atoms with Crippen LogP contribution in [0.4, 0.5) is 0 Å². The Morgan fingerprint density at radius 3 is 3.18 bits per heavy atom. The van der Waals surface area contributed by atoms with Crippen LogP contribution in [0.5, 0.6) is 0 Å². The third-order valence-electron chi connectivity index (χ3n) is 3.32. The largest absolute Gasteiger partial charge is 0.381 e. The Morgan fingerprint density at radius 1 is 1.59 bits per heavy atom. The molecular formula is C14H22N2O. The fourth-order valence-electron chi connectivity index (χ4n) is 2.34. The number of hydrogen-bond donors (Lipinski definition) is 1. The summed E-state index contributed by atoms with van der Waals surface area (Å²) >= 11 is 0. The van der Waals surface area contributed by atoms with Crippen molar-refractivity contribution in [3.05, 3.63) is 30.1 Å². The first kappa shape index (κ1) is 12.5. The molecule has 2 heterocycles. The predicted octanol–water partition coefficient (Wildman–Crippen LogP) is 2.55. The van der Waals surface area contributed by atoms with Crippen molar-refractivity contribution in [2.45, 2.75) is 32.2 Å². The first-order valence-electron chi connectivity index (χ1n) is 6.61. The zero-order valence-corrected chi connectivity index (χ0v) is 10.6. The van der Waals surface area contributed by atoms with E-state index in [9.17, 15) is 0 Å². The first-order chi connectivity index (χ1) is 8.40. The van der Waals surface area contributed by atoms with Gasteiger partial charge in [0.25, 0.3) is 0 Å². The van der Waals surface area contributed by atoms with E-state index in [1.54, 1.807) is 0 Å². The minimum atomic E-state index is 0.426. The number of nitrogens with one attached hydrogen (secondary N) is 1. The fraction of sp³-hybridized carbons (Fsp3) is 0.643. The van der Waals surface area contributed by atoms with Crippen molar-refractivity contribution >= 4 is 0 Å². The molecule has 0 saturated carbocycles. The Labute approximate surface area is 104 Å². The van der Waals surface area contributed by atoms with Crippen molar-refractivity contribution in [3.8, 4) is 0 Å². The van der Waals surface area contributed by atoms with Crippen molar-refractivity contribution in [3.63, 3.8) is 0 Å². The number of ether oxygens (including phenoxy) is 1. The molecule has 94 valence electrons. The zero-order chi connectivity index (χ0) is 11.9. The zero-order valence-electron chi connectivity index (χ0n) is 10.6. The minimum Gasteiger partial charge on any atom is -0.381 e. The van der Waals surface area contributed by atoms with Gasteiger partial charge in [-0.1, -0.05) is 13.0 Å². The lowest BCUT2D eigenvalue weighted by Crippen LogP contribution is -2.24. The van der Waals surface area contributed by atoms with E-state index < -0.39 is 0 Å². The molecule has 2 rings (SSSR count). The monoisotopic (exact) mass is 234 g/mol. The van der Waals surface area contributed by atoms with Crippen LogP contribution in [0.2, 0.25) is 0 Å². The maximum Gasteiger partial charge on any atom is 0.0495 e. The lowest BCUT2D eigenvalue weighted by Gasteiger charge is -2.21. The minimum absolute atomic E-state index is 0.426. The number of pyridine rings is 1. The molecule has 0 bridgehead atoms. The summed E-state index contributed by atoms with van der Waals surface area (Å²) in [4.78, 5) is 4.22. The van der Waals surface area contributed by atoms with Gasteiger partial charge in [-0.2, -0.15) is 0 Å². The van der Waals surface area contributed by atoms with Gasteiger partial charge < -0.3 is 10.1 Å². The highest BCUT2D eigenvalue weighted by atomic mass is 16.5. The van der Waals surface area contributed by atoms with Crippen molar-refractivity contribution in [2.24, 2.45) is 5.92 Å². The maximum atomic E-state index is 5.45. The predicted molar refractivity (Wildman–Crippen MR) is 68.8 cm³/mol. The highest BCUT2D eigenvalue weighted by molar-refractivity contribution is 5.14. The molecule has 0 radical (unpaired) electrons. The summed E-state index contributed by atoms with van der Waals surface area (Å²) in [5.41, 5.74) is 1.30. The molecule has 3 heteroatoms. The van der Waals surface area contributed by atoms with E-state index in [1.807, 2.05) is 18.5 Å². The van der Waals surface area contributed by atoms with Crippen LogP contribution in [0.3, 0.4) is 0 Å². The van der Waals surface area contributed by atoms with Crippen LogP contribution in [0, 0.1) is 5.92 Å². The topological polar surface area (TPSA) is 34.1 Å². The Kier molecular flexibility index (Phi) is 4.95. The second-order valence-electron chi connectivity index (χ2n) is 4.76. The average Bonchev–Trinajstić information content (AvgIpc) is 2.88. The molecule has 0 aromatic carbocycles. The summed E-state index contributed by atoms with van der Waals surface area (Å²) in [5.74, 6) is 0.699. The number of hydrogen-bond acceptors (Lipinski definition) is 3. The van der Waals surface area contributed by atoms with Gasteiger partial charge in [0.15, 0.2) is 0 Å². The number of aromatic nitrogens is 1. The molecule has 1 saturated heterocycles. The van der Waals surface area contributed by atoms with Crippen molar-refractivity contribution < 1.29 is 4.74 Å². The lowest BCUT2D eigenvalue weighted by atomic mass is 9.95. The summed E-state index contributed by atoms with van der Waals surface area (Å²) in [6, 6.07) is 4.60. The van der Waals surface area contributed by atoms with Crippen molar-refractivity contribution in [2.75, 3.05) is 19.8 Å². The van der Waals surface area contributed by atoms with Gasteiger partial charge in [-0.05, 0) is 43.4 Å². The molecule has 1 aromatic rings. The molecule has 1 aliphatic heterocycles. The summed E-state index contributed by atoms with van der Waals surface area (Å²) in [5, 5.41) is 3.62. The van der Waals surface area contributed by atoms with E-state index in [2.05, 4.69) is 23.3 Å². The Morgan fingerprint density at radius 2 is 2.53 bits per heavy atom. The van der Waals surface area contributed by atoms with Gasteiger partial charge in [0, 0.05) is 31.6 Å². The standard InChI is InChI=1S/C14H22N2O/c1-2-6-16-14(9-12-5-8-17-11-12)13-4-3-7-15-10-13/h3-4,7,10,12,14,16H,2,5-6,8-9,11H2,1H3. The van der Waals surface area contributed by atoms with Crippen LogP contribution in [0.25, 0.3) is 0 Å². The molecule has 0 aliphatic carbocycles. The van der Waals surface area contributed by atoms with Gasteiger partial charge in [-0.3, -0.25) is 4.98 Å². The van der Waals surface area contributed by atoms with E-state index in [-0.39, 0.29) is 0 Å². The van der Waals surface area contributed by atoms with Gasteiger partial charge in [-0.25, -0.2) is 0 Å². The molecule has 2 unspecified atom stereocenters. The third kappa shape index (κ3) is 3.79. The average molecular weight is 234 g/mol. The van der Waals surface area contributed by atoms with Crippen LogP contribution in [-0.2, 0) is 4.74 Å². The molecular weight excluding hydrogens is 212 g/mol. The molecule has 1 N–H and O–H groups in total. The molecule has 0 spiro atoms. The van der Waals surface area contributed by atoms with Crippen LogP contribution in [-0.4, -0.2) is 24.7 Å². The third-order valence-corrected chi connectivity index (χ3v) is 3.32. The van der Waals surface area contributed by atoms with Crippen LogP contribution < -0.4 is 5.32 Å². The van der Waals surface area contributed by atoms with Gasteiger partial charge >= 0.3 is 0 Å². The summed E-state index contributed by atoms with van der Waals surface area (Å²) in [6.45, 7) is 5.11. The number of rotatable bonds is 6. The second kappa shape index (κ2) is 6.72. The smallest absolute Gasteiger partial charge is 0.0495 e. The Bertz CT molecular complexity index is 309. The van der Waals surface area contributed by atoms with E-state index in [4.69, 9.17) is 4.74 Å². The van der Waals surface area contributed by atoms with E-state index in [1.165, 1.54) is 12.0 Å². The highest BCUT2D eigenvalue weighted by Gasteiger charge is 2.21. The Hall–Kier alpha value is -0.930. The molecule has 1 fully saturated rings. The first-order valence-corrected chi connectivity index (χ1v) is 6.61.